The van der Waals surface area contributed by atoms with Crippen LogP contribution in [-0.2, 0) is 4.79 Å². The number of nitrogens with one attached hydrogen (secondary N) is 1. The molecule has 0 fully saturated rings. The molecule has 0 heterocycles. The zero-order chi connectivity index (χ0) is 14.5. The number of aliphatic imine (C=N–C) groups is 1. The van der Waals surface area contributed by atoms with E-state index in [4.69, 9.17) is 0 Å². The molecule has 2 rings (SSSR count). The third kappa shape index (κ3) is 3.68. The summed E-state index contributed by atoms with van der Waals surface area (Å²) < 4.78 is 0. The van der Waals surface area contributed by atoms with Gasteiger partial charge in [-0.25, -0.2) is 0 Å². The van der Waals surface area contributed by atoms with Crippen molar-refractivity contribution in [2.24, 2.45) is 4.99 Å². The Labute approximate surface area is 117 Å². The lowest BCUT2D eigenvalue weighted by molar-refractivity contribution is -0.114. The molecule has 102 valence electrons. The summed E-state index contributed by atoms with van der Waals surface area (Å²) in [7, 11) is 0. The largest absolute Gasteiger partial charge is 0.507 e. The zero-order valence-corrected chi connectivity index (χ0v) is 11.4. The third-order valence-electron chi connectivity index (χ3n) is 2.72. The van der Waals surface area contributed by atoms with E-state index in [0.29, 0.717) is 5.56 Å². The van der Waals surface area contributed by atoms with Gasteiger partial charge in [-0.15, -0.1) is 0 Å². The van der Waals surface area contributed by atoms with E-state index in [0.717, 1.165) is 16.9 Å². The van der Waals surface area contributed by atoms with Crippen LogP contribution in [0.15, 0.2) is 47.5 Å². The summed E-state index contributed by atoms with van der Waals surface area (Å²) in [6.45, 7) is 3.42. The lowest BCUT2D eigenvalue weighted by Gasteiger charge is -2.02. The highest BCUT2D eigenvalue weighted by Crippen LogP contribution is 2.19. The minimum Gasteiger partial charge on any atom is -0.507 e. The first-order valence-electron chi connectivity index (χ1n) is 6.26. The quantitative estimate of drug-likeness (QED) is 0.838. The molecule has 2 aromatic rings. The maximum atomic E-state index is 10.9. The first-order valence-corrected chi connectivity index (χ1v) is 6.26. The smallest absolute Gasteiger partial charge is 0.221 e. The van der Waals surface area contributed by atoms with Crippen LogP contribution in [0.25, 0.3) is 0 Å². The summed E-state index contributed by atoms with van der Waals surface area (Å²) in [4.78, 5) is 15.2. The minimum atomic E-state index is -0.106. The first-order chi connectivity index (χ1) is 9.54. The molecule has 0 saturated heterocycles. The average molecular weight is 268 g/mol. The maximum Gasteiger partial charge on any atom is 0.221 e. The highest BCUT2D eigenvalue weighted by Gasteiger charge is 1.98. The molecule has 4 nitrogen and oxygen atoms in total. The Hall–Kier alpha value is -2.62. The molecule has 1 amide bonds. The summed E-state index contributed by atoms with van der Waals surface area (Å²) in [5.41, 5.74) is 3.22. The molecular formula is C16H16N2O2. The van der Waals surface area contributed by atoms with Crippen LogP contribution in [0.1, 0.15) is 18.1 Å². The molecular weight excluding hydrogens is 252 g/mol. The second-order valence-electron chi connectivity index (χ2n) is 4.55. The Morgan fingerprint density at radius 1 is 1.20 bits per heavy atom. The third-order valence-corrected chi connectivity index (χ3v) is 2.72. The number of hydrogen-bond acceptors (Lipinski definition) is 3. The molecule has 0 unspecified atom stereocenters. The second-order valence-corrected chi connectivity index (χ2v) is 4.55. The van der Waals surface area contributed by atoms with Crippen LogP contribution in [0.3, 0.4) is 0 Å². The summed E-state index contributed by atoms with van der Waals surface area (Å²) >= 11 is 0. The van der Waals surface area contributed by atoms with E-state index < -0.39 is 0 Å². The molecule has 0 saturated carbocycles. The van der Waals surface area contributed by atoms with Crippen LogP contribution in [0, 0.1) is 6.92 Å². The van der Waals surface area contributed by atoms with E-state index in [1.165, 1.54) is 6.92 Å². The second kappa shape index (κ2) is 6.02. The van der Waals surface area contributed by atoms with E-state index in [2.05, 4.69) is 10.3 Å². The van der Waals surface area contributed by atoms with Crippen LogP contribution >= 0.6 is 0 Å². The number of amides is 1. The van der Waals surface area contributed by atoms with Crippen LogP contribution in [-0.4, -0.2) is 17.2 Å². The summed E-state index contributed by atoms with van der Waals surface area (Å²) in [5, 5.41) is 12.4. The normalized spacial score (nSPS) is 10.7. The standard InChI is InChI=1S/C16H16N2O2/c1-11-3-8-16(20)13(9-11)10-17-14-4-6-15(7-5-14)18-12(2)19/h3-10,20H,1-2H3,(H,18,19). The van der Waals surface area contributed by atoms with E-state index in [-0.39, 0.29) is 11.7 Å². The van der Waals surface area contributed by atoms with Gasteiger partial charge in [0.25, 0.3) is 0 Å². The van der Waals surface area contributed by atoms with Crippen molar-refractivity contribution in [2.45, 2.75) is 13.8 Å². The van der Waals surface area contributed by atoms with Crippen LogP contribution in [0.2, 0.25) is 0 Å². The first kappa shape index (κ1) is 13.8. The predicted octanol–water partition coefficient (Wildman–Crippen LogP) is 3.41. The van der Waals surface area contributed by atoms with Crippen molar-refractivity contribution in [3.63, 3.8) is 0 Å². The predicted molar refractivity (Wildman–Crippen MR) is 80.8 cm³/mol. The van der Waals surface area contributed by atoms with Gasteiger partial charge in [0.05, 0.1) is 5.69 Å². The van der Waals surface area contributed by atoms with Gasteiger partial charge in [0, 0.05) is 24.4 Å². The van der Waals surface area contributed by atoms with Gasteiger partial charge in [0.1, 0.15) is 5.75 Å². The Morgan fingerprint density at radius 2 is 1.90 bits per heavy atom. The van der Waals surface area contributed by atoms with Crippen LogP contribution in [0.5, 0.6) is 5.75 Å². The molecule has 0 aliphatic carbocycles. The minimum absolute atomic E-state index is 0.106. The van der Waals surface area contributed by atoms with Crippen molar-refractivity contribution in [1.82, 2.24) is 0 Å². The Balaban J connectivity index is 2.15. The number of anilines is 1. The van der Waals surface area contributed by atoms with Gasteiger partial charge in [0.2, 0.25) is 5.91 Å². The number of phenols is 1. The van der Waals surface area contributed by atoms with Crippen molar-refractivity contribution in [3.05, 3.63) is 53.6 Å². The van der Waals surface area contributed by atoms with E-state index in [9.17, 15) is 9.90 Å². The highest BCUT2D eigenvalue weighted by atomic mass is 16.3. The van der Waals surface area contributed by atoms with Gasteiger partial charge < -0.3 is 10.4 Å². The molecule has 0 atom stereocenters. The van der Waals surface area contributed by atoms with Gasteiger partial charge in [0.15, 0.2) is 0 Å². The molecule has 0 radical (unpaired) electrons. The summed E-state index contributed by atoms with van der Waals surface area (Å²) in [5.74, 6) is 0.0974. The topological polar surface area (TPSA) is 61.7 Å². The van der Waals surface area contributed by atoms with Crippen molar-refractivity contribution >= 4 is 23.5 Å². The Morgan fingerprint density at radius 3 is 2.55 bits per heavy atom. The fourth-order valence-electron chi connectivity index (χ4n) is 1.76. The maximum absolute atomic E-state index is 10.9. The number of phenolic OH excluding ortho intramolecular Hbond substituents is 1. The number of benzene rings is 2. The lowest BCUT2D eigenvalue weighted by Crippen LogP contribution is -2.04. The Kier molecular flexibility index (Phi) is 4.15. The molecule has 0 spiro atoms. The summed E-state index contributed by atoms with van der Waals surface area (Å²) in [6, 6.07) is 12.5. The van der Waals surface area contributed by atoms with Gasteiger partial charge in [-0.1, -0.05) is 11.6 Å². The van der Waals surface area contributed by atoms with E-state index in [1.807, 2.05) is 19.1 Å². The fraction of sp³-hybridized carbons (Fsp3) is 0.125. The number of aromatic hydroxyl groups is 1. The van der Waals surface area contributed by atoms with Crippen molar-refractivity contribution < 1.29 is 9.90 Å². The molecule has 20 heavy (non-hydrogen) atoms. The van der Waals surface area contributed by atoms with Crippen molar-refractivity contribution in [3.8, 4) is 5.75 Å². The number of aryl methyl sites for hydroxylation is 1. The highest BCUT2D eigenvalue weighted by molar-refractivity contribution is 5.89. The van der Waals surface area contributed by atoms with Crippen LogP contribution in [0.4, 0.5) is 11.4 Å². The zero-order valence-electron chi connectivity index (χ0n) is 11.4. The number of carbonyl (C=O) groups is 1. The molecule has 2 N–H and O–H groups in total. The summed E-state index contributed by atoms with van der Waals surface area (Å²) in [6.07, 6.45) is 1.62. The Bertz CT molecular complexity index is 646. The van der Waals surface area contributed by atoms with Crippen LogP contribution < -0.4 is 5.32 Å². The van der Waals surface area contributed by atoms with Crippen molar-refractivity contribution in [1.29, 1.82) is 0 Å². The molecule has 0 aromatic heterocycles. The number of nitrogens with zero attached hydrogens (tertiary/aromatic N) is 1. The average Bonchev–Trinajstić information content (AvgIpc) is 2.41. The molecule has 0 aliphatic heterocycles. The van der Waals surface area contributed by atoms with Gasteiger partial charge in [-0.05, 0) is 43.3 Å². The lowest BCUT2D eigenvalue weighted by atomic mass is 10.1. The van der Waals surface area contributed by atoms with Gasteiger partial charge in [-0.3, -0.25) is 9.79 Å². The van der Waals surface area contributed by atoms with Crippen molar-refractivity contribution in [2.75, 3.05) is 5.32 Å². The molecule has 2 aromatic carbocycles. The number of rotatable bonds is 3. The number of hydrogen-bond donors (Lipinski definition) is 2. The number of carbonyl (C=O) groups excluding carboxylic acids is 1. The van der Waals surface area contributed by atoms with E-state index >= 15 is 0 Å². The van der Waals surface area contributed by atoms with E-state index in [1.54, 1.807) is 36.5 Å². The monoisotopic (exact) mass is 268 g/mol. The molecule has 0 bridgehead atoms. The molecule has 0 aliphatic rings. The van der Waals surface area contributed by atoms with Gasteiger partial charge >= 0.3 is 0 Å². The molecule has 4 heteroatoms. The SMILES string of the molecule is CC(=O)Nc1ccc(N=Cc2cc(C)ccc2O)cc1. The fourth-order valence-corrected chi connectivity index (χ4v) is 1.76. The van der Waals surface area contributed by atoms with Gasteiger partial charge in [-0.2, -0.15) is 0 Å².